The Morgan fingerprint density at radius 2 is 1.65 bits per heavy atom. The van der Waals surface area contributed by atoms with Crippen LogP contribution in [0.15, 0.2) is 18.2 Å². The molecule has 2 heteroatoms. The highest BCUT2D eigenvalue weighted by Gasteiger charge is 2.11. The average molecular weight is 236 g/mol. The second-order valence-electron chi connectivity index (χ2n) is 5.08. The first-order valence-electron chi connectivity index (χ1n) is 6.56. The molecule has 0 aliphatic rings. The second-order valence-corrected chi connectivity index (χ2v) is 5.08. The van der Waals surface area contributed by atoms with Crippen LogP contribution in [0.5, 0.6) is 0 Å². The highest BCUT2D eigenvalue weighted by molar-refractivity contribution is 5.07. The molecule has 0 amide bonds. The van der Waals surface area contributed by atoms with Crippen LogP contribution in [0.4, 0.5) is 0 Å². The average Bonchev–Trinajstić information content (AvgIpc) is 2.27. The summed E-state index contributed by atoms with van der Waals surface area (Å²) in [5, 5.41) is 3.46. The van der Waals surface area contributed by atoms with Gasteiger partial charge in [-0.05, 0) is 59.2 Å². The number of aryl methyl sites for hydroxylation is 2. The second kappa shape index (κ2) is 8.24. The van der Waals surface area contributed by atoms with Gasteiger partial charge in [-0.2, -0.15) is 0 Å². The van der Waals surface area contributed by atoms with Crippen LogP contribution >= 0.6 is 0 Å². The molecule has 1 aromatic rings. The van der Waals surface area contributed by atoms with Gasteiger partial charge in [0.2, 0.25) is 0 Å². The minimum atomic E-state index is 0.343. The molecule has 17 heavy (non-hydrogen) atoms. The fourth-order valence-electron chi connectivity index (χ4n) is 1.27. The van der Waals surface area contributed by atoms with Crippen LogP contribution in [0.2, 0.25) is 0 Å². The normalized spacial score (nSPS) is 10.7. The van der Waals surface area contributed by atoms with Crippen molar-refractivity contribution in [2.75, 3.05) is 6.54 Å². The van der Waals surface area contributed by atoms with E-state index in [-0.39, 0.29) is 0 Å². The molecule has 0 spiro atoms. The predicted octanol–water partition coefficient (Wildman–Crippen LogP) is 3.87. The minimum Gasteiger partial charge on any atom is -0.312 e. The van der Waals surface area contributed by atoms with Crippen molar-refractivity contribution in [2.24, 2.45) is 0 Å². The molecular formula is C15H28N2. The molecule has 1 aromatic heterocycles. The number of hydrogen-bond donors (Lipinski definition) is 1. The molecule has 0 aliphatic carbocycles. The fraction of sp³-hybridized carbons (Fsp3) is 0.667. The van der Waals surface area contributed by atoms with Crippen LogP contribution in [-0.4, -0.2) is 17.1 Å². The number of aromatic nitrogens is 1. The van der Waals surface area contributed by atoms with E-state index in [1.807, 2.05) is 32.0 Å². The van der Waals surface area contributed by atoms with E-state index in [4.69, 9.17) is 0 Å². The van der Waals surface area contributed by atoms with Crippen LogP contribution in [0.1, 0.15) is 51.9 Å². The summed E-state index contributed by atoms with van der Waals surface area (Å²) in [6.45, 7) is 14.0. The smallest absolute Gasteiger partial charge is 0.0375 e. The number of hydrogen-bond acceptors (Lipinski definition) is 2. The molecule has 0 saturated heterocycles. The van der Waals surface area contributed by atoms with E-state index < -0.39 is 0 Å². The summed E-state index contributed by atoms with van der Waals surface area (Å²) >= 11 is 0. The first kappa shape index (κ1) is 16.1. The number of nitrogens with one attached hydrogen (secondary N) is 1. The maximum absolute atomic E-state index is 4.17. The highest BCUT2D eigenvalue weighted by atomic mass is 14.9. The number of pyridine rings is 1. The summed E-state index contributed by atoms with van der Waals surface area (Å²) in [4.78, 5) is 4.17. The lowest BCUT2D eigenvalue weighted by atomic mass is 10.0. The van der Waals surface area contributed by atoms with E-state index in [2.05, 4.69) is 38.0 Å². The van der Waals surface area contributed by atoms with Gasteiger partial charge in [-0.15, -0.1) is 0 Å². The lowest BCUT2D eigenvalue weighted by Gasteiger charge is -2.23. The van der Waals surface area contributed by atoms with E-state index >= 15 is 0 Å². The maximum atomic E-state index is 4.17. The summed E-state index contributed by atoms with van der Waals surface area (Å²) in [7, 11) is 0. The summed E-state index contributed by atoms with van der Waals surface area (Å²) in [6, 6.07) is 6.00. The van der Waals surface area contributed by atoms with Gasteiger partial charge in [0.15, 0.2) is 0 Å². The summed E-state index contributed by atoms with van der Waals surface area (Å²) in [5.74, 6) is 0. The third-order valence-corrected chi connectivity index (χ3v) is 2.76. The highest BCUT2D eigenvalue weighted by Crippen LogP contribution is 2.05. The molecule has 1 N–H and O–H groups in total. The van der Waals surface area contributed by atoms with Crippen LogP contribution in [0, 0.1) is 13.8 Å². The molecule has 0 unspecified atom stereocenters. The first-order chi connectivity index (χ1) is 7.91. The van der Waals surface area contributed by atoms with E-state index in [0.29, 0.717) is 5.54 Å². The summed E-state index contributed by atoms with van der Waals surface area (Å²) < 4.78 is 0. The SMILES string of the molecule is CCCNC(C)(C)CC.Cc1cccc(C)n1. The molecule has 2 nitrogen and oxygen atoms in total. The molecule has 0 fully saturated rings. The molecule has 0 aromatic carbocycles. The van der Waals surface area contributed by atoms with Crippen molar-refractivity contribution in [1.29, 1.82) is 0 Å². The van der Waals surface area contributed by atoms with Gasteiger partial charge in [0.25, 0.3) is 0 Å². The summed E-state index contributed by atoms with van der Waals surface area (Å²) in [5.41, 5.74) is 2.52. The molecule has 98 valence electrons. The van der Waals surface area contributed by atoms with Gasteiger partial charge in [-0.3, -0.25) is 4.98 Å². The quantitative estimate of drug-likeness (QED) is 0.858. The lowest BCUT2D eigenvalue weighted by molar-refractivity contribution is 0.377. The van der Waals surface area contributed by atoms with Crippen molar-refractivity contribution in [1.82, 2.24) is 10.3 Å². The Morgan fingerprint density at radius 1 is 1.12 bits per heavy atom. The van der Waals surface area contributed by atoms with Crippen LogP contribution < -0.4 is 5.32 Å². The zero-order valence-corrected chi connectivity index (χ0v) is 12.3. The van der Waals surface area contributed by atoms with E-state index in [1.165, 1.54) is 12.8 Å². The molecule has 0 bridgehead atoms. The first-order valence-corrected chi connectivity index (χ1v) is 6.56. The maximum Gasteiger partial charge on any atom is 0.0375 e. The molecule has 0 saturated carbocycles. The van der Waals surface area contributed by atoms with Gasteiger partial charge in [-0.1, -0.05) is 19.9 Å². The van der Waals surface area contributed by atoms with Gasteiger partial charge >= 0.3 is 0 Å². The van der Waals surface area contributed by atoms with Crippen molar-refractivity contribution in [2.45, 2.75) is 59.9 Å². The Morgan fingerprint density at radius 3 is 1.94 bits per heavy atom. The van der Waals surface area contributed by atoms with Gasteiger partial charge < -0.3 is 5.32 Å². The monoisotopic (exact) mass is 236 g/mol. The van der Waals surface area contributed by atoms with Crippen molar-refractivity contribution < 1.29 is 0 Å². The predicted molar refractivity (Wildman–Crippen MR) is 76.4 cm³/mol. The third-order valence-electron chi connectivity index (χ3n) is 2.76. The Hall–Kier alpha value is -0.890. The Kier molecular flexibility index (Phi) is 7.81. The lowest BCUT2D eigenvalue weighted by Crippen LogP contribution is -2.38. The third kappa shape index (κ3) is 8.87. The minimum absolute atomic E-state index is 0.343. The van der Waals surface area contributed by atoms with Gasteiger partial charge in [0, 0.05) is 16.9 Å². The molecule has 1 rings (SSSR count). The molecule has 1 heterocycles. The number of nitrogens with zero attached hydrogens (tertiary/aromatic N) is 1. The van der Waals surface area contributed by atoms with Crippen LogP contribution in [0.3, 0.4) is 0 Å². The molecule has 0 aliphatic heterocycles. The van der Waals surface area contributed by atoms with E-state index in [0.717, 1.165) is 17.9 Å². The molecule has 0 radical (unpaired) electrons. The van der Waals surface area contributed by atoms with Crippen LogP contribution in [0.25, 0.3) is 0 Å². The van der Waals surface area contributed by atoms with Crippen LogP contribution in [-0.2, 0) is 0 Å². The Balaban J connectivity index is 0.000000302. The van der Waals surface area contributed by atoms with Crippen molar-refractivity contribution in [3.8, 4) is 0 Å². The Bertz CT molecular complexity index is 288. The Labute approximate surface area is 107 Å². The fourth-order valence-corrected chi connectivity index (χ4v) is 1.27. The van der Waals surface area contributed by atoms with E-state index in [1.54, 1.807) is 0 Å². The van der Waals surface area contributed by atoms with Crippen molar-refractivity contribution >= 4 is 0 Å². The summed E-state index contributed by atoms with van der Waals surface area (Å²) in [6.07, 6.45) is 2.43. The zero-order valence-electron chi connectivity index (χ0n) is 12.3. The topological polar surface area (TPSA) is 24.9 Å². The van der Waals surface area contributed by atoms with Gasteiger partial charge in [0.05, 0.1) is 0 Å². The van der Waals surface area contributed by atoms with E-state index in [9.17, 15) is 0 Å². The number of rotatable bonds is 4. The van der Waals surface area contributed by atoms with Crippen molar-refractivity contribution in [3.05, 3.63) is 29.6 Å². The van der Waals surface area contributed by atoms with Gasteiger partial charge in [-0.25, -0.2) is 0 Å². The van der Waals surface area contributed by atoms with Crippen molar-refractivity contribution in [3.63, 3.8) is 0 Å². The standard InChI is InChI=1S/C8H19N.C7H9N/c1-5-7-9-8(3,4)6-2;1-6-4-3-5-7(2)8-6/h9H,5-7H2,1-4H3;3-5H,1-2H3. The zero-order chi connectivity index (χ0) is 13.3. The van der Waals surface area contributed by atoms with Gasteiger partial charge in [0.1, 0.15) is 0 Å². The molecular weight excluding hydrogens is 208 g/mol. The largest absolute Gasteiger partial charge is 0.312 e. The molecule has 0 atom stereocenters.